The number of benzene rings is 2. The van der Waals surface area contributed by atoms with Crippen molar-refractivity contribution < 1.29 is 4.57 Å². The van der Waals surface area contributed by atoms with Crippen LogP contribution in [-0.2, 0) is 4.57 Å². The van der Waals surface area contributed by atoms with Gasteiger partial charge in [0.05, 0.1) is 0 Å². The highest BCUT2D eigenvalue weighted by Crippen LogP contribution is 2.51. The SMILES string of the molecule is CC1(CP(=O)(c2ccccc2)c2ccccc2)CCCCCCCCCCC1. The molecule has 2 aromatic rings. The Labute approximate surface area is 172 Å². The molecular formula is C26H37OP. The Morgan fingerprint density at radius 2 is 1.00 bits per heavy atom. The van der Waals surface area contributed by atoms with Crippen LogP contribution >= 0.6 is 7.14 Å². The summed E-state index contributed by atoms with van der Waals surface area (Å²) in [5.41, 5.74) is 0.153. The molecule has 1 aliphatic rings. The lowest BCUT2D eigenvalue weighted by Crippen LogP contribution is -2.29. The van der Waals surface area contributed by atoms with Crippen LogP contribution in [0.2, 0.25) is 0 Å². The zero-order valence-electron chi connectivity index (χ0n) is 17.6. The molecule has 0 heterocycles. The standard InChI is InChI=1S/C26H37OP/c1-26(21-15-7-5-3-2-4-6-8-16-22-26)23-28(27,24-17-11-9-12-18-24)25-19-13-10-14-20-25/h9-14,17-20H,2-8,15-16,21-23H2,1H3. The fraction of sp³-hybridized carbons (Fsp3) is 0.538. The summed E-state index contributed by atoms with van der Waals surface area (Å²) in [6.07, 6.45) is 15.4. The molecule has 2 heteroatoms. The molecule has 3 rings (SSSR count). The van der Waals surface area contributed by atoms with E-state index in [1.807, 2.05) is 36.4 Å². The van der Waals surface area contributed by atoms with Gasteiger partial charge in [-0.1, -0.05) is 125 Å². The van der Waals surface area contributed by atoms with Gasteiger partial charge in [-0.15, -0.1) is 0 Å². The minimum atomic E-state index is -2.64. The molecule has 0 N–H and O–H groups in total. The third kappa shape index (κ3) is 5.84. The normalized spacial score (nSPS) is 19.3. The lowest BCUT2D eigenvalue weighted by molar-refractivity contribution is 0.282. The van der Waals surface area contributed by atoms with E-state index in [-0.39, 0.29) is 5.41 Å². The molecule has 0 amide bonds. The summed E-state index contributed by atoms with van der Waals surface area (Å²) in [5.74, 6) is 0. The van der Waals surface area contributed by atoms with Crippen LogP contribution in [-0.4, -0.2) is 6.16 Å². The van der Waals surface area contributed by atoms with E-state index in [1.165, 1.54) is 70.6 Å². The minimum absolute atomic E-state index is 0.153. The van der Waals surface area contributed by atoms with Gasteiger partial charge in [0.1, 0.15) is 7.14 Å². The minimum Gasteiger partial charge on any atom is -0.314 e. The van der Waals surface area contributed by atoms with Crippen molar-refractivity contribution in [3.63, 3.8) is 0 Å². The maximum atomic E-state index is 14.6. The predicted molar refractivity (Wildman–Crippen MR) is 124 cm³/mol. The van der Waals surface area contributed by atoms with Crippen molar-refractivity contribution in [2.24, 2.45) is 5.41 Å². The first-order chi connectivity index (χ1) is 13.6. The van der Waals surface area contributed by atoms with Gasteiger partial charge in [0, 0.05) is 16.8 Å². The highest BCUT2D eigenvalue weighted by atomic mass is 31.2. The third-order valence-corrected chi connectivity index (χ3v) is 9.98. The van der Waals surface area contributed by atoms with E-state index in [0.717, 1.165) is 16.8 Å². The van der Waals surface area contributed by atoms with Crippen molar-refractivity contribution in [3.8, 4) is 0 Å². The van der Waals surface area contributed by atoms with Crippen LogP contribution in [0.25, 0.3) is 0 Å². The van der Waals surface area contributed by atoms with Crippen molar-refractivity contribution in [1.29, 1.82) is 0 Å². The maximum absolute atomic E-state index is 14.6. The van der Waals surface area contributed by atoms with Crippen LogP contribution in [0.1, 0.15) is 77.6 Å². The second kappa shape index (κ2) is 10.4. The van der Waals surface area contributed by atoms with Gasteiger partial charge in [-0.25, -0.2) is 0 Å². The highest BCUT2D eigenvalue weighted by Gasteiger charge is 2.36. The summed E-state index contributed by atoms with van der Waals surface area (Å²) in [6, 6.07) is 20.5. The van der Waals surface area contributed by atoms with Crippen LogP contribution in [0.3, 0.4) is 0 Å². The molecular weight excluding hydrogens is 359 g/mol. The number of rotatable bonds is 4. The van der Waals surface area contributed by atoms with Crippen molar-refractivity contribution in [1.82, 2.24) is 0 Å². The molecule has 0 atom stereocenters. The Hall–Kier alpha value is -1.33. The van der Waals surface area contributed by atoms with Gasteiger partial charge in [-0.2, -0.15) is 0 Å². The average molecular weight is 397 g/mol. The fourth-order valence-electron chi connectivity index (χ4n) is 4.83. The van der Waals surface area contributed by atoms with Gasteiger partial charge in [0.2, 0.25) is 0 Å². The highest BCUT2D eigenvalue weighted by molar-refractivity contribution is 7.78. The van der Waals surface area contributed by atoms with Gasteiger partial charge >= 0.3 is 0 Å². The van der Waals surface area contributed by atoms with Crippen LogP contribution in [0.15, 0.2) is 60.7 Å². The lowest BCUT2D eigenvalue weighted by atomic mass is 9.81. The van der Waals surface area contributed by atoms with Gasteiger partial charge in [-0.05, 0) is 18.3 Å². The topological polar surface area (TPSA) is 17.1 Å². The molecule has 2 aromatic carbocycles. The van der Waals surface area contributed by atoms with Crippen LogP contribution in [0.4, 0.5) is 0 Å². The second-order valence-electron chi connectivity index (χ2n) is 9.06. The van der Waals surface area contributed by atoms with E-state index in [0.29, 0.717) is 0 Å². The van der Waals surface area contributed by atoms with Crippen molar-refractivity contribution in [3.05, 3.63) is 60.7 Å². The summed E-state index contributed by atoms with van der Waals surface area (Å²) < 4.78 is 14.6. The van der Waals surface area contributed by atoms with E-state index >= 15 is 0 Å². The van der Waals surface area contributed by atoms with Crippen molar-refractivity contribution in [2.75, 3.05) is 6.16 Å². The molecule has 0 saturated heterocycles. The molecule has 0 spiro atoms. The molecule has 1 saturated carbocycles. The van der Waals surface area contributed by atoms with Gasteiger partial charge in [0.15, 0.2) is 0 Å². The third-order valence-electron chi connectivity index (χ3n) is 6.51. The summed E-state index contributed by atoms with van der Waals surface area (Å²) >= 11 is 0. The molecule has 1 nitrogen and oxygen atoms in total. The number of hydrogen-bond donors (Lipinski definition) is 0. The summed E-state index contributed by atoms with van der Waals surface area (Å²) in [5, 5.41) is 2.04. The zero-order valence-corrected chi connectivity index (χ0v) is 18.5. The van der Waals surface area contributed by atoms with Gasteiger partial charge in [0.25, 0.3) is 0 Å². The van der Waals surface area contributed by atoms with Gasteiger partial charge < -0.3 is 4.57 Å². The van der Waals surface area contributed by atoms with Crippen LogP contribution < -0.4 is 10.6 Å². The largest absolute Gasteiger partial charge is 0.314 e. The molecule has 28 heavy (non-hydrogen) atoms. The van der Waals surface area contributed by atoms with E-state index in [2.05, 4.69) is 31.2 Å². The first kappa shape index (κ1) is 21.4. The van der Waals surface area contributed by atoms with Crippen molar-refractivity contribution in [2.45, 2.75) is 77.6 Å². The summed E-state index contributed by atoms with van der Waals surface area (Å²) in [7, 11) is -2.64. The molecule has 152 valence electrons. The quantitative estimate of drug-likeness (QED) is 0.495. The smallest absolute Gasteiger partial charge is 0.143 e. The molecule has 0 unspecified atom stereocenters. The van der Waals surface area contributed by atoms with Crippen molar-refractivity contribution >= 4 is 17.8 Å². The number of hydrogen-bond acceptors (Lipinski definition) is 1. The van der Waals surface area contributed by atoms with E-state index in [9.17, 15) is 4.57 Å². The fourth-order valence-corrected chi connectivity index (χ4v) is 8.19. The van der Waals surface area contributed by atoms with E-state index in [1.54, 1.807) is 0 Å². The Kier molecular flexibility index (Phi) is 7.98. The van der Waals surface area contributed by atoms with E-state index < -0.39 is 7.14 Å². The summed E-state index contributed by atoms with van der Waals surface area (Å²) in [6.45, 7) is 2.41. The molecule has 1 aliphatic carbocycles. The molecule has 0 aromatic heterocycles. The first-order valence-electron chi connectivity index (χ1n) is 11.3. The Morgan fingerprint density at radius 1 is 0.643 bits per heavy atom. The Morgan fingerprint density at radius 3 is 1.39 bits per heavy atom. The average Bonchev–Trinajstić information content (AvgIpc) is 2.72. The molecule has 0 aliphatic heterocycles. The monoisotopic (exact) mass is 396 g/mol. The summed E-state index contributed by atoms with van der Waals surface area (Å²) in [4.78, 5) is 0. The van der Waals surface area contributed by atoms with Crippen LogP contribution in [0.5, 0.6) is 0 Å². The first-order valence-corrected chi connectivity index (χ1v) is 13.2. The van der Waals surface area contributed by atoms with Crippen LogP contribution in [0, 0.1) is 5.41 Å². The molecule has 0 radical (unpaired) electrons. The maximum Gasteiger partial charge on any atom is 0.143 e. The Bertz CT molecular complexity index is 682. The zero-order chi connectivity index (χ0) is 19.7. The second-order valence-corrected chi connectivity index (χ2v) is 11.9. The predicted octanol–water partition coefficient (Wildman–Crippen LogP) is 7.31. The van der Waals surface area contributed by atoms with Gasteiger partial charge in [-0.3, -0.25) is 0 Å². The lowest BCUT2D eigenvalue weighted by Gasteiger charge is -2.35. The molecule has 1 fully saturated rings. The Balaban J connectivity index is 1.87. The van der Waals surface area contributed by atoms with E-state index in [4.69, 9.17) is 0 Å². The molecule has 0 bridgehead atoms.